The van der Waals surface area contributed by atoms with Crippen molar-refractivity contribution in [1.82, 2.24) is 15.1 Å². The van der Waals surface area contributed by atoms with Gasteiger partial charge in [-0.15, -0.1) is 0 Å². The topological polar surface area (TPSA) is 48.3 Å². The number of aryl methyl sites for hydroxylation is 1. The molecule has 1 aromatic heterocycles. The van der Waals surface area contributed by atoms with Gasteiger partial charge in [-0.3, -0.25) is 4.68 Å². The lowest BCUT2D eigenvalue weighted by molar-refractivity contribution is -0.111. The molecule has 1 fully saturated rings. The largest absolute Gasteiger partial charge is 0.381 e. The highest BCUT2D eigenvalue weighted by molar-refractivity contribution is 5.17. The first-order valence-corrected chi connectivity index (χ1v) is 7.64. The van der Waals surface area contributed by atoms with Gasteiger partial charge in [0.25, 0.3) is 0 Å². The molecular formula is C15H27N3O2. The zero-order valence-corrected chi connectivity index (χ0v) is 12.9. The maximum absolute atomic E-state index is 5.94. The molecule has 0 aliphatic carbocycles. The summed E-state index contributed by atoms with van der Waals surface area (Å²) >= 11 is 0. The molecule has 1 unspecified atom stereocenters. The molecule has 0 spiro atoms. The summed E-state index contributed by atoms with van der Waals surface area (Å²) in [5.74, 6) is 0. The van der Waals surface area contributed by atoms with Gasteiger partial charge < -0.3 is 14.8 Å². The number of nitrogens with zero attached hydrogens (tertiary/aromatic N) is 2. The second-order valence-electron chi connectivity index (χ2n) is 5.41. The molecule has 1 aliphatic rings. The number of aromatic nitrogens is 2. The summed E-state index contributed by atoms with van der Waals surface area (Å²) < 4.78 is 13.5. The van der Waals surface area contributed by atoms with Gasteiger partial charge in [0, 0.05) is 51.5 Å². The molecule has 1 aliphatic heterocycles. The van der Waals surface area contributed by atoms with Crippen molar-refractivity contribution >= 4 is 0 Å². The van der Waals surface area contributed by atoms with E-state index in [2.05, 4.69) is 30.5 Å². The minimum Gasteiger partial charge on any atom is -0.381 e. The van der Waals surface area contributed by atoms with Crippen LogP contribution in [0.1, 0.15) is 44.7 Å². The van der Waals surface area contributed by atoms with Crippen LogP contribution in [0.3, 0.4) is 0 Å². The lowest BCUT2D eigenvalue weighted by atomic mass is 9.83. The number of nitrogens with one attached hydrogen (secondary N) is 1. The van der Waals surface area contributed by atoms with Gasteiger partial charge in [-0.25, -0.2) is 0 Å². The van der Waals surface area contributed by atoms with Crippen LogP contribution in [-0.4, -0.2) is 42.2 Å². The van der Waals surface area contributed by atoms with Gasteiger partial charge in [-0.1, -0.05) is 13.8 Å². The van der Waals surface area contributed by atoms with Crippen LogP contribution >= 0.6 is 0 Å². The lowest BCUT2D eigenvalue weighted by Gasteiger charge is -2.42. The molecule has 1 saturated heterocycles. The Morgan fingerprint density at radius 1 is 1.45 bits per heavy atom. The van der Waals surface area contributed by atoms with Crippen molar-refractivity contribution in [3.63, 3.8) is 0 Å². The number of hydrogen-bond acceptors (Lipinski definition) is 4. The van der Waals surface area contributed by atoms with E-state index in [0.29, 0.717) is 0 Å². The Balaban J connectivity index is 2.23. The smallest absolute Gasteiger partial charge is 0.0917 e. The summed E-state index contributed by atoms with van der Waals surface area (Å²) in [5, 5.41) is 8.04. The van der Waals surface area contributed by atoms with Crippen LogP contribution in [0.15, 0.2) is 12.4 Å². The minimum absolute atomic E-state index is 0.173. The molecule has 114 valence electrons. The van der Waals surface area contributed by atoms with Gasteiger partial charge in [0.1, 0.15) is 0 Å². The summed E-state index contributed by atoms with van der Waals surface area (Å²) in [6.45, 7) is 7.69. The average Bonchev–Trinajstić information content (AvgIpc) is 2.94. The minimum atomic E-state index is -0.186. The maximum Gasteiger partial charge on any atom is 0.0917 e. The van der Waals surface area contributed by atoms with Crippen molar-refractivity contribution in [1.29, 1.82) is 0 Å². The Bertz CT molecular complexity index is 400. The van der Waals surface area contributed by atoms with Crippen LogP contribution in [0.5, 0.6) is 0 Å². The summed E-state index contributed by atoms with van der Waals surface area (Å²) in [5.41, 5.74) is 1.03. The standard InChI is InChI=1S/C15H27N3O2/c1-4-8-18-12-13(11-17-18)14(16-5-2)15(19-3)6-9-20-10-7-15/h11-12,14,16H,4-10H2,1-3H3. The number of likely N-dealkylation sites (N-methyl/N-ethyl adjacent to an activating group) is 1. The molecule has 0 aromatic carbocycles. The summed E-state index contributed by atoms with van der Waals surface area (Å²) in [7, 11) is 1.81. The Labute approximate surface area is 121 Å². The van der Waals surface area contributed by atoms with Crippen molar-refractivity contribution in [2.45, 2.75) is 51.3 Å². The van der Waals surface area contributed by atoms with Crippen molar-refractivity contribution in [3.8, 4) is 0 Å². The molecule has 2 heterocycles. The first-order chi connectivity index (χ1) is 9.75. The lowest BCUT2D eigenvalue weighted by Crippen LogP contribution is -2.49. The van der Waals surface area contributed by atoms with E-state index in [0.717, 1.165) is 45.6 Å². The molecule has 0 bridgehead atoms. The normalized spacial score (nSPS) is 19.9. The van der Waals surface area contributed by atoms with E-state index < -0.39 is 0 Å². The van der Waals surface area contributed by atoms with Crippen LogP contribution < -0.4 is 5.32 Å². The van der Waals surface area contributed by atoms with Gasteiger partial charge in [0.15, 0.2) is 0 Å². The van der Waals surface area contributed by atoms with E-state index in [4.69, 9.17) is 9.47 Å². The van der Waals surface area contributed by atoms with Gasteiger partial charge >= 0.3 is 0 Å². The van der Waals surface area contributed by atoms with Crippen LogP contribution in [0.4, 0.5) is 0 Å². The Morgan fingerprint density at radius 3 is 2.80 bits per heavy atom. The first-order valence-electron chi connectivity index (χ1n) is 7.64. The van der Waals surface area contributed by atoms with Crippen LogP contribution in [0, 0.1) is 0 Å². The zero-order chi connectivity index (χ0) is 14.4. The van der Waals surface area contributed by atoms with Crippen LogP contribution in [0.2, 0.25) is 0 Å². The van der Waals surface area contributed by atoms with E-state index in [1.165, 1.54) is 5.56 Å². The molecule has 2 rings (SSSR count). The molecular weight excluding hydrogens is 254 g/mol. The molecule has 0 amide bonds. The fourth-order valence-electron chi connectivity index (χ4n) is 3.02. The average molecular weight is 281 g/mol. The highest BCUT2D eigenvalue weighted by atomic mass is 16.5. The van der Waals surface area contributed by atoms with Crippen molar-refractivity contribution in [2.24, 2.45) is 0 Å². The number of hydrogen-bond donors (Lipinski definition) is 1. The Hall–Kier alpha value is -0.910. The summed E-state index contributed by atoms with van der Waals surface area (Å²) in [6.07, 6.45) is 7.04. The molecule has 5 nitrogen and oxygen atoms in total. The Morgan fingerprint density at radius 2 is 2.20 bits per heavy atom. The summed E-state index contributed by atoms with van der Waals surface area (Å²) in [4.78, 5) is 0. The second kappa shape index (κ2) is 7.20. The number of rotatable bonds is 7. The SMILES string of the molecule is CCCn1cc(C(NCC)C2(OC)CCOCC2)cn1. The van der Waals surface area contributed by atoms with Gasteiger partial charge in [-0.2, -0.15) is 5.10 Å². The molecule has 20 heavy (non-hydrogen) atoms. The molecule has 1 aromatic rings. The van der Waals surface area contributed by atoms with Gasteiger partial charge in [-0.05, 0) is 13.0 Å². The van der Waals surface area contributed by atoms with E-state index in [9.17, 15) is 0 Å². The molecule has 0 saturated carbocycles. The van der Waals surface area contributed by atoms with Gasteiger partial charge in [0.05, 0.1) is 17.8 Å². The monoisotopic (exact) mass is 281 g/mol. The zero-order valence-electron chi connectivity index (χ0n) is 12.9. The molecule has 0 radical (unpaired) electrons. The van der Waals surface area contributed by atoms with Gasteiger partial charge in [0.2, 0.25) is 0 Å². The maximum atomic E-state index is 5.94. The Kier molecular flexibility index (Phi) is 5.57. The summed E-state index contributed by atoms with van der Waals surface area (Å²) in [6, 6.07) is 0.173. The quantitative estimate of drug-likeness (QED) is 0.832. The number of methoxy groups -OCH3 is 1. The number of ether oxygens (including phenoxy) is 2. The van der Waals surface area contributed by atoms with Crippen molar-refractivity contribution in [3.05, 3.63) is 18.0 Å². The fourth-order valence-corrected chi connectivity index (χ4v) is 3.02. The van der Waals surface area contributed by atoms with Crippen molar-refractivity contribution in [2.75, 3.05) is 26.9 Å². The van der Waals surface area contributed by atoms with Crippen LogP contribution in [-0.2, 0) is 16.0 Å². The van der Waals surface area contributed by atoms with E-state index in [1.54, 1.807) is 0 Å². The highest BCUT2D eigenvalue weighted by Crippen LogP contribution is 2.37. The molecule has 5 heteroatoms. The fraction of sp³-hybridized carbons (Fsp3) is 0.800. The predicted octanol–water partition coefficient (Wildman–Crippen LogP) is 2.14. The predicted molar refractivity (Wildman–Crippen MR) is 78.7 cm³/mol. The second-order valence-corrected chi connectivity index (χ2v) is 5.41. The molecule has 1 N–H and O–H groups in total. The highest BCUT2D eigenvalue weighted by Gasteiger charge is 2.41. The first kappa shape index (κ1) is 15.5. The third kappa shape index (κ3) is 3.22. The van der Waals surface area contributed by atoms with E-state index >= 15 is 0 Å². The third-order valence-corrected chi connectivity index (χ3v) is 4.12. The van der Waals surface area contributed by atoms with Crippen LogP contribution in [0.25, 0.3) is 0 Å². The molecule has 1 atom stereocenters. The third-order valence-electron chi connectivity index (χ3n) is 4.12. The van der Waals surface area contributed by atoms with E-state index in [1.807, 2.05) is 18.0 Å². The van der Waals surface area contributed by atoms with Crippen molar-refractivity contribution < 1.29 is 9.47 Å². The van der Waals surface area contributed by atoms with E-state index in [-0.39, 0.29) is 11.6 Å².